The van der Waals surface area contributed by atoms with E-state index in [1.54, 1.807) is 52.0 Å². The van der Waals surface area contributed by atoms with Crippen LogP contribution in [0.5, 0.6) is 17.4 Å². The number of carbonyl (C=O) groups excluding carboxylic acids is 5. The van der Waals surface area contributed by atoms with Crippen molar-refractivity contribution >= 4 is 68.2 Å². The molecule has 1 aromatic heterocycles. The number of halogens is 4. The molecular weight excluding hydrogens is 1080 g/mol. The number of benzene rings is 2. The zero-order valence-corrected chi connectivity index (χ0v) is 47.1. The minimum Gasteiger partial charge on any atom is -0.488 e. The Bertz CT molecular complexity index is 2810. The molecule has 2 saturated carbocycles. The second-order valence-corrected chi connectivity index (χ2v) is 23.9. The summed E-state index contributed by atoms with van der Waals surface area (Å²) in [6.07, 6.45) is -6.34. The van der Waals surface area contributed by atoms with Crippen LogP contribution in [-0.4, -0.2) is 122 Å². The molecule has 21 nitrogen and oxygen atoms in total. The standard InChI is InChI=1S/C41H58ClN3O12S.C11H10F3NO5/c1-11-24-20-41(24,37(49)44-58(50,51)57-40(8)15-16-40)21-30(46)29-17-25(22-45(29)36(48)27(38(2,3)4)18-33(47)56-39(5,6)7)55-31-19-32(54-23-34(52-9)53-10)43-35-26(31)13-12-14-28(35)42;1-10(2,11(12,13)14)20-9(16)19-8-5-3-7(4-6-8)15(17)18/h12-14,19,24-25,27,29,34H,11,15-18,20-23H2,1-10H3,(H,44,49);3-6H,1-2H3/t24-,25-,27-,29+,41-;/m1./s1. The van der Waals surface area contributed by atoms with Crippen molar-refractivity contribution in [1.82, 2.24) is 14.6 Å². The van der Waals surface area contributed by atoms with Gasteiger partial charge in [0.05, 0.1) is 51.4 Å². The molecule has 2 amide bonds. The quantitative estimate of drug-likeness (QED) is 0.0342. The van der Waals surface area contributed by atoms with E-state index in [0.717, 1.165) is 24.3 Å². The Balaban J connectivity index is 0.000000471. The van der Waals surface area contributed by atoms with Crippen molar-refractivity contribution in [3.05, 3.63) is 63.7 Å². The predicted octanol–water partition coefficient (Wildman–Crippen LogP) is 9.39. The number of amides is 2. The first-order valence-electron chi connectivity index (χ1n) is 24.9. The number of non-ortho nitro benzene ring substituents is 1. The molecule has 0 radical (unpaired) electrons. The lowest BCUT2D eigenvalue weighted by Gasteiger charge is -2.35. The molecule has 1 N–H and O–H groups in total. The molecule has 432 valence electrons. The van der Waals surface area contributed by atoms with Crippen LogP contribution in [0.2, 0.25) is 5.02 Å². The summed E-state index contributed by atoms with van der Waals surface area (Å²) in [5.41, 5.74) is -6.25. The fourth-order valence-corrected chi connectivity index (χ4v) is 9.93. The van der Waals surface area contributed by atoms with Crippen LogP contribution in [-0.2, 0) is 52.6 Å². The normalized spacial score (nSPS) is 20.4. The number of Topliss-reactive ketones (excluding diaryl/α,β-unsaturated/α-hetero) is 1. The van der Waals surface area contributed by atoms with Crippen molar-refractivity contribution in [1.29, 1.82) is 0 Å². The summed E-state index contributed by atoms with van der Waals surface area (Å²) in [7, 11) is -1.49. The average Bonchev–Trinajstić information content (AvgIpc) is 4.20. The number of pyridine rings is 1. The summed E-state index contributed by atoms with van der Waals surface area (Å²) in [5.74, 6) is -3.07. The van der Waals surface area contributed by atoms with E-state index in [1.165, 1.54) is 19.1 Å². The first kappa shape index (κ1) is 62.9. The molecule has 2 heterocycles. The van der Waals surface area contributed by atoms with E-state index in [0.29, 0.717) is 54.8 Å². The molecule has 5 atom stereocenters. The van der Waals surface area contributed by atoms with Gasteiger partial charge in [-0.05, 0) is 96.4 Å². The number of nitro groups is 1. The summed E-state index contributed by atoms with van der Waals surface area (Å²) < 4.78 is 108. The van der Waals surface area contributed by atoms with E-state index in [9.17, 15) is 55.7 Å². The molecule has 3 aromatic rings. The van der Waals surface area contributed by atoms with Gasteiger partial charge in [-0.15, -0.1) is 0 Å². The first-order chi connectivity index (χ1) is 36.0. The van der Waals surface area contributed by atoms with Crippen molar-refractivity contribution in [2.75, 3.05) is 27.4 Å². The summed E-state index contributed by atoms with van der Waals surface area (Å²) in [5, 5.41) is 11.3. The summed E-state index contributed by atoms with van der Waals surface area (Å²) in [4.78, 5) is 83.2. The largest absolute Gasteiger partial charge is 0.514 e. The number of likely N-dealkylation sites (tertiary alicyclic amines) is 1. The number of para-hydroxylation sites is 1. The Kier molecular flexibility index (Phi) is 19.6. The molecule has 3 aliphatic rings. The number of nitrogens with zero attached hydrogens (tertiary/aromatic N) is 3. The van der Waals surface area contributed by atoms with Gasteiger partial charge in [-0.3, -0.25) is 29.3 Å². The Morgan fingerprint density at radius 3 is 2.12 bits per heavy atom. The van der Waals surface area contributed by atoms with Crippen LogP contribution in [0.3, 0.4) is 0 Å². The highest BCUT2D eigenvalue weighted by molar-refractivity contribution is 7.85. The van der Waals surface area contributed by atoms with E-state index < -0.39 is 103 Å². The second-order valence-electron chi connectivity index (χ2n) is 22.2. The lowest BCUT2D eigenvalue weighted by atomic mass is 9.77. The number of carbonyl (C=O) groups is 5. The molecule has 2 aromatic carbocycles. The molecule has 0 unspecified atom stereocenters. The number of hydrogen-bond donors (Lipinski definition) is 1. The number of aromatic nitrogens is 1. The van der Waals surface area contributed by atoms with Gasteiger partial charge in [0.15, 0.2) is 12.1 Å². The summed E-state index contributed by atoms with van der Waals surface area (Å²) in [6.45, 7) is 15.6. The van der Waals surface area contributed by atoms with Crippen molar-refractivity contribution in [2.24, 2.45) is 22.7 Å². The van der Waals surface area contributed by atoms with Crippen molar-refractivity contribution in [2.45, 2.75) is 156 Å². The maximum Gasteiger partial charge on any atom is 0.514 e. The van der Waals surface area contributed by atoms with Crippen LogP contribution in [0, 0.1) is 32.8 Å². The van der Waals surface area contributed by atoms with Crippen LogP contribution in [0.15, 0.2) is 48.5 Å². The molecule has 26 heteroatoms. The van der Waals surface area contributed by atoms with E-state index in [2.05, 4.69) is 19.2 Å². The average molecular weight is 1150 g/mol. The topological polar surface area (TPSA) is 265 Å². The fourth-order valence-electron chi connectivity index (χ4n) is 8.54. The van der Waals surface area contributed by atoms with Gasteiger partial charge in [0.2, 0.25) is 23.3 Å². The van der Waals surface area contributed by atoms with E-state index >= 15 is 0 Å². The molecule has 78 heavy (non-hydrogen) atoms. The fraction of sp³-hybridized carbons (Fsp3) is 0.615. The lowest BCUT2D eigenvalue weighted by Crippen LogP contribution is -2.49. The van der Waals surface area contributed by atoms with E-state index in [1.807, 2.05) is 27.7 Å². The number of fused-ring (bicyclic) bond motifs is 1. The van der Waals surface area contributed by atoms with E-state index in [-0.39, 0.29) is 62.1 Å². The van der Waals surface area contributed by atoms with Crippen LogP contribution in [0.1, 0.15) is 114 Å². The minimum absolute atomic E-state index is 0.00431. The minimum atomic E-state index is -4.75. The predicted molar refractivity (Wildman–Crippen MR) is 275 cm³/mol. The number of ether oxygens (including phenoxy) is 7. The maximum atomic E-state index is 14.7. The van der Waals surface area contributed by atoms with Crippen molar-refractivity contribution in [3.63, 3.8) is 0 Å². The molecule has 2 aliphatic carbocycles. The van der Waals surface area contributed by atoms with Crippen LogP contribution >= 0.6 is 11.6 Å². The van der Waals surface area contributed by atoms with Gasteiger partial charge < -0.3 is 38.1 Å². The molecule has 0 spiro atoms. The lowest BCUT2D eigenvalue weighted by molar-refractivity contribution is -0.384. The molecule has 6 rings (SSSR count). The number of ketones is 1. The van der Waals surface area contributed by atoms with Crippen LogP contribution in [0.25, 0.3) is 10.9 Å². The highest BCUT2D eigenvalue weighted by Crippen LogP contribution is 2.58. The van der Waals surface area contributed by atoms with Crippen LogP contribution in [0.4, 0.5) is 23.7 Å². The highest BCUT2D eigenvalue weighted by Gasteiger charge is 2.62. The smallest absolute Gasteiger partial charge is 0.488 e. The highest BCUT2D eigenvalue weighted by atomic mass is 35.5. The van der Waals surface area contributed by atoms with E-state index in [4.69, 9.17) is 39.5 Å². The Labute approximate surface area is 455 Å². The Morgan fingerprint density at radius 2 is 1.59 bits per heavy atom. The third-order valence-corrected chi connectivity index (χ3v) is 14.7. The first-order valence-corrected chi connectivity index (χ1v) is 26.7. The number of esters is 1. The molecular formula is C52H68ClF3N4O17S. The molecule has 1 saturated heterocycles. The van der Waals surface area contributed by atoms with Gasteiger partial charge in [-0.1, -0.05) is 51.8 Å². The van der Waals surface area contributed by atoms with Gasteiger partial charge in [-0.2, -0.15) is 21.6 Å². The number of nitrogens with one attached hydrogen (secondary N) is 1. The van der Waals surface area contributed by atoms with Crippen LogP contribution < -0.4 is 18.9 Å². The SMILES string of the molecule is CC(C)(OC(=O)Oc1ccc([N+](=O)[O-])cc1)C(F)(F)F.CC[C@@H]1C[C@]1(CC(=O)[C@@H]1C[C@@H](Oc2cc(OCC(OC)OC)nc3c(Cl)cccc23)CN1C(=O)[C@@H](CC(=O)OC(C)(C)C)C(C)(C)C)C(=O)NS(=O)(=O)OC1(C)CC1. The zero-order chi connectivity index (χ0) is 58.6. The second kappa shape index (κ2) is 24.2. The van der Waals surface area contributed by atoms with Gasteiger partial charge in [0.25, 0.3) is 5.69 Å². The summed E-state index contributed by atoms with van der Waals surface area (Å²) >= 11 is 6.58. The number of rotatable bonds is 21. The van der Waals surface area contributed by atoms with Crippen molar-refractivity contribution in [3.8, 4) is 17.4 Å². The van der Waals surface area contributed by atoms with Gasteiger partial charge in [0.1, 0.15) is 29.8 Å². The molecule has 3 fully saturated rings. The summed E-state index contributed by atoms with van der Waals surface area (Å²) in [6, 6.07) is 9.93. The Morgan fingerprint density at radius 1 is 0.962 bits per heavy atom. The van der Waals surface area contributed by atoms with Gasteiger partial charge >= 0.3 is 28.6 Å². The third kappa shape index (κ3) is 16.6. The molecule has 1 aliphatic heterocycles. The van der Waals surface area contributed by atoms with Crippen molar-refractivity contribution < 1.29 is 87.8 Å². The number of alkyl halides is 3. The zero-order valence-electron chi connectivity index (χ0n) is 45.6. The Hall–Kier alpha value is -5.89. The number of methoxy groups -OCH3 is 2. The number of hydrogen-bond acceptors (Lipinski definition) is 18. The number of nitro benzene ring substituents is 1. The third-order valence-electron chi connectivity index (χ3n) is 13.4. The van der Waals surface area contributed by atoms with Gasteiger partial charge in [0, 0.05) is 50.6 Å². The van der Waals surface area contributed by atoms with Gasteiger partial charge in [-0.25, -0.2) is 18.7 Å². The monoisotopic (exact) mass is 1140 g/mol. The maximum absolute atomic E-state index is 14.7. The molecule has 0 bridgehead atoms.